The van der Waals surface area contributed by atoms with E-state index >= 15 is 0 Å². The van der Waals surface area contributed by atoms with E-state index in [-0.39, 0.29) is 0 Å². The predicted molar refractivity (Wildman–Crippen MR) is 77.3 cm³/mol. The molecule has 19 heavy (non-hydrogen) atoms. The third-order valence-electron chi connectivity index (χ3n) is 3.45. The molecule has 0 unspecified atom stereocenters. The molecular weight excluding hydrogens is 240 g/mol. The fourth-order valence-electron chi connectivity index (χ4n) is 2.10. The van der Waals surface area contributed by atoms with E-state index < -0.39 is 0 Å². The second kappa shape index (κ2) is 6.19. The van der Waals surface area contributed by atoms with Crippen LogP contribution >= 0.6 is 0 Å². The van der Waals surface area contributed by atoms with Crippen LogP contribution in [-0.2, 0) is 4.74 Å². The molecule has 106 valence electrons. The quantitative estimate of drug-likeness (QED) is 0.764. The van der Waals surface area contributed by atoms with E-state index in [9.17, 15) is 0 Å². The summed E-state index contributed by atoms with van der Waals surface area (Å²) in [6.07, 6.45) is 4.18. The maximum atomic E-state index is 5.95. The van der Waals surface area contributed by atoms with Gasteiger partial charge in [0.1, 0.15) is 18.0 Å². The Kier molecular flexibility index (Phi) is 4.58. The van der Waals surface area contributed by atoms with Crippen molar-refractivity contribution in [3.8, 4) is 0 Å². The minimum absolute atomic E-state index is 0.311. The summed E-state index contributed by atoms with van der Waals surface area (Å²) in [5, 5.41) is 0. The number of anilines is 2. The molecule has 0 saturated heterocycles. The van der Waals surface area contributed by atoms with Crippen molar-refractivity contribution in [3.05, 3.63) is 11.9 Å². The van der Waals surface area contributed by atoms with Gasteiger partial charge in [-0.3, -0.25) is 0 Å². The minimum Gasteiger partial charge on any atom is -0.383 e. The van der Waals surface area contributed by atoms with Crippen molar-refractivity contribution in [1.29, 1.82) is 0 Å². The van der Waals surface area contributed by atoms with Gasteiger partial charge in [-0.2, -0.15) is 0 Å². The lowest BCUT2D eigenvalue weighted by atomic mass is 10.0. The molecule has 0 bridgehead atoms. The zero-order valence-corrected chi connectivity index (χ0v) is 12.1. The zero-order valence-electron chi connectivity index (χ0n) is 12.1. The highest BCUT2D eigenvalue weighted by Crippen LogP contribution is 2.29. The average Bonchev–Trinajstić information content (AvgIpc) is 3.17. The Labute approximate surface area is 115 Å². The van der Waals surface area contributed by atoms with Crippen LogP contribution < -0.4 is 10.6 Å². The SMILES string of the molecule is CC(C)c1c(N)ncnc1N(C)CCOCC1CC1. The largest absolute Gasteiger partial charge is 0.383 e. The normalized spacial score (nSPS) is 14.9. The number of ether oxygens (including phenoxy) is 1. The number of rotatable bonds is 7. The van der Waals surface area contributed by atoms with Crippen molar-refractivity contribution in [2.75, 3.05) is 37.4 Å². The topological polar surface area (TPSA) is 64.3 Å². The average molecular weight is 264 g/mol. The van der Waals surface area contributed by atoms with Gasteiger partial charge in [0.15, 0.2) is 0 Å². The van der Waals surface area contributed by atoms with Gasteiger partial charge in [0.2, 0.25) is 0 Å². The first-order valence-electron chi connectivity index (χ1n) is 6.98. The van der Waals surface area contributed by atoms with E-state index in [0.29, 0.717) is 11.7 Å². The van der Waals surface area contributed by atoms with Gasteiger partial charge in [0.25, 0.3) is 0 Å². The molecule has 5 heteroatoms. The van der Waals surface area contributed by atoms with Gasteiger partial charge < -0.3 is 15.4 Å². The van der Waals surface area contributed by atoms with Crippen molar-refractivity contribution in [2.45, 2.75) is 32.6 Å². The Morgan fingerprint density at radius 2 is 2.16 bits per heavy atom. The van der Waals surface area contributed by atoms with Crippen LogP contribution in [0.5, 0.6) is 0 Å². The number of nitrogens with zero attached hydrogens (tertiary/aromatic N) is 3. The lowest BCUT2D eigenvalue weighted by molar-refractivity contribution is 0.130. The molecule has 1 heterocycles. The fraction of sp³-hybridized carbons (Fsp3) is 0.714. The molecule has 1 aliphatic carbocycles. The maximum absolute atomic E-state index is 5.95. The molecule has 0 amide bonds. The molecule has 5 nitrogen and oxygen atoms in total. The zero-order chi connectivity index (χ0) is 13.8. The molecule has 0 radical (unpaired) electrons. The first-order valence-corrected chi connectivity index (χ1v) is 6.98. The van der Waals surface area contributed by atoms with Gasteiger partial charge in [0.05, 0.1) is 6.61 Å². The minimum atomic E-state index is 0.311. The van der Waals surface area contributed by atoms with Crippen molar-refractivity contribution >= 4 is 11.6 Å². The molecule has 1 aliphatic rings. The lowest BCUT2D eigenvalue weighted by Gasteiger charge is -2.23. The summed E-state index contributed by atoms with van der Waals surface area (Å²) in [7, 11) is 2.02. The molecule has 0 aliphatic heterocycles. The summed E-state index contributed by atoms with van der Waals surface area (Å²) in [4.78, 5) is 10.5. The molecule has 0 spiro atoms. The summed E-state index contributed by atoms with van der Waals surface area (Å²) < 4.78 is 5.66. The summed E-state index contributed by atoms with van der Waals surface area (Å²) >= 11 is 0. The molecule has 0 aromatic carbocycles. The Hall–Kier alpha value is -1.36. The van der Waals surface area contributed by atoms with E-state index in [1.165, 1.54) is 19.2 Å². The highest BCUT2D eigenvalue weighted by molar-refractivity contribution is 5.57. The van der Waals surface area contributed by atoms with Crippen LogP contribution in [0.15, 0.2) is 6.33 Å². The summed E-state index contributed by atoms with van der Waals surface area (Å²) in [6, 6.07) is 0. The van der Waals surface area contributed by atoms with Crippen LogP contribution in [0.2, 0.25) is 0 Å². The van der Waals surface area contributed by atoms with Crippen LogP contribution in [0.25, 0.3) is 0 Å². The van der Waals surface area contributed by atoms with Crippen LogP contribution in [-0.4, -0.2) is 36.8 Å². The second-order valence-corrected chi connectivity index (χ2v) is 5.59. The molecule has 2 N–H and O–H groups in total. The monoisotopic (exact) mass is 264 g/mol. The fourth-order valence-corrected chi connectivity index (χ4v) is 2.10. The molecular formula is C14H24N4O. The van der Waals surface area contributed by atoms with Crippen LogP contribution in [0.1, 0.15) is 38.2 Å². The predicted octanol–water partition coefficient (Wildman–Crippen LogP) is 2.04. The third-order valence-corrected chi connectivity index (χ3v) is 3.45. The molecule has 1 aromatic rings. The van der Waals surface area contributed by atoms with Crippen LogP contribution in [0, 0.1) is 5.92 Å². The Morgan fingerprint density at radius 1 is 1.42 bits per heavy atom. The van der Waals surface area contributed by atoms with Gasteiger partial charge in [-0.15, -0.1) is 0 Å². The first-order chi connectivity index (χ1) is 9.09. The second-order valence-electron chi connectivity index (χ2n) is 5.59. The van der Waals surface area contributed by atoms with Crippen molar-refractivity contribution in [1.82, 2.24) is 9.97 Å². The summed E-state index contributed by atoms with van der Waals surface area (Å²) in [5.41, 5.74) is 6.97. The Balaban J connectivity index is 1.93. The number of hydrogen-bond donors (Lipinski definition) is 1. The lowest BCUT2D eigenvalue weighted by Crippen LogP contribution is -2.26. The van der Waals surface area contributed by atoms with Crippen molar-refractivity contribution < 1.29 is 4.74 Å². The van der Waals surface area contributed by atoms with E-state index in [2.05, 4.69) is 28.7 Å². The van der Waals surface area contributed by atoms with E-state index in [1.807, 2.05) is 7.05 Å². The Bertz CT molecular complexity index is 418. The van der Waals surface area contributed by atoms with Gasteiger partial charge in [-0.05, 0) is 24.7 Å². The van der Waals surface area contributed by atoms with Gasteiger partial charge in [-0.1, -0.05) is 13.8 Å². The van der Waals surface area contributed by atoms with Gasteiger partial charge in [0, 0.05) is 25.8 Å². The smallest absolute Gasteiger partial charge is 0.137 e. The highest BCUT2D eigenvalue weighted by atomic mass is 16.5. The number of hydrogen-bond acceptors (Lipinski definition) is 5. The van der Waals surface area contributed by atoms with Crippen molar-refractivity contribution in [2.24, 2.45) is 5.92 Å². The van der Waals surface area contributed by atoms with Crippen LogP contribution in [0.4, 0.5) is 11.6 Å². The van der Waals surface area contributed by atoms with E-state index in [0.717, 1.165) is 37.1 Å². The van der Waals surface area contributed by atoms with E-state index in [1.54, 1.807) is 0 Å². The Morgan fingerprint density at radius 3 is 2.79 bits per heavy atom. The third kappa shape index (κ3) is 3.80. The van der Waals surface area contributed by atoms with Gasteiger partial charge >= 0.3 is 0 Å². The molecule has 1 aromatic heterocycles. The molecule has 0 atom stereocenters. The summed E-state index contributed by atoms with van der Waals surface area (Å²) in [5.74, 6) is 2.61. The molecule has 1 saturated carbocycles. The first kappa shape index (κ1) is 14.1. The maximum Gasteiger partial charge on any atom is 0.137 e. The number of nitrogens with two attached hydrogens (primary N) is 1. The molecule has 1 fully saturated rings. The van der Waals surface area contributed by atoms with E-state index in [4.69, 9.17) is 10.5 Å². The molecule has 2 rings (SSSR count). The van der Waals surface area contributed by atoms with Crippen LogP contribution in [0.3, 0.4) is 0 Å². The highest BCUT2D eigenvalue weighted by Gasteiger charge is 2.21. The van der Waals surface area contributed by atoms with Gasteiger partial charge in [-0.25, -0.2) is 9.97 Å². The van der Waals surface area contributed by atoms with Crippen molar-refractivity contribution in [3.63, 3.8) is 0 Å². The number of aromatic nitrogens is 2. The number of nitrogen functional groups attached to an aromatic ring is 1. The summed E-state index contributed by atoms with van der Waals surface area (Å²) in [6.45, 7) is 6.67. The number of likely N-dealkylation sites (N-methyl/N-ethyl adjacent to an activating group) is 1. The standard InChI is InChI=1S/C14H24N4O/c1-10(2)12-13(15)16-9-17-14(12)18(3)6-7-19-8-11-4-5-11/h9-11H,4-8H2,1-3H3,(H2,15,16,17).